The molecule has 2 rings (SSSR count). The molecule has 2 aliphatic heterocycles. The van der Waals surface area contributed by atoms with E-state index in [-0.39, 0.29) is 5.91 Å². The van der Waals surface area contributed by atoms with E-state index in [0.29, 0.717) is 18.1 Å². The predicted molar refractivity (Wildman–Crippen MR) is 76.4 cm³/mol. The van der Waals surface area contributed by atoms with E-state index in [1.165, 1.54) is 19.3 Å². The third kappa shape index (κ3) is 2.94. The maximum Gasteiger partial charge on any atom is 0.217 e. The zero-order valence-corrected chi connectivity index (χ0v) is 12.1. The Balaban J connectivity index is 2.03. The van der Waals surface area contributed by atoms with Gasteiger partial charge in [0.25, 0.3) is 0 Å². The van der Waals surface area contributed by atoms with Gasteiger partial charge in [0.15, 0.2) is 5.11 Å². The second-order valence-electron chi connectivity index (χ2n) is 5.35. The van der Waals surface area contributed by atoms with Gasteiger partial charge in [-0.2, -0.15) is 0 Å². The lowest BCUT2D eigenvalue weighted by Gasteiger charge is -2.50. The highest BCUT2D eigenvalue weighted by molar-refractivity contribution is 7.80. The highest BCUT2D eigenvalue weighted by Crippen LogP contribution is 2.34. The average molecular weight is 269 g/mol. The summed E-state index contributed by atoms with van der Waals surface area (Å²) in [7, 11) is 0. The van der Waals surface area contributed by atoms with E-state index in [2.05, 4.69) is 22.5 Å². The Morgan fingerprint density at radius 3 is 2.44 bits per heavy atom. The van der Waals surface area contributed by atoms with Gasteiger partial charge in [-0.25, -0.2) is 0 Å². The normalized spacial score (nSPS) is 30.8. The number of carbonyl (C=O) groups excluding carboxylic acids is 1. The number of rotatable bonds is 2. The SMILES string of the molecule is CCNC(=S)N1[C@@H]2CCC[C@@H]1CC(NC(C)=O)C2. The topological polar surface area (TPSA) is 44.4 Å². The van der Waals surface area contributed by atoms with Crippen molar-refractivity contribution < 1.29 is 4.79 Å². The summed E-state index contributed by atoms with van der Waals surface area (Å²) in [5.74, 6) is 0.0841. The van der Waals surface area contributed by atoms with Crippen LogP contribution >= 0.6 is 12.2 Å². The molecule has 0 unspecified atom stereocenters. The standard InChI is InChI=1S/C13H23N3OS/c1-3-14-13(18)16-11-5-4-6-12(16)8-10(7-11)15-9(2)17/h10-12H,3-8H2,1-2H3,(H,14,18)(H,15,17)/t11-,12-/m1/s1. The van der Waals surface area contributed by atoms with E-state index in [0.717, 1.165) is 24.5 Å². The van der Waals surface area contributed by atoms with Gasteiger partial charge in [0.05, 0.1) is 0 Å². The lowest BCUT2D eigenvalue weighted by atomic mass is 9.82. The summed E-state index contributed by atoms with van der Waals surface area (Å²) in [5, 5.41) is 7.24. The van der Waals surface area contributed by atoms with E-state index in [1.54, 1.807) is 6.92 Å². The first kappa shape index (κ1) is 13.6. The van der Waals surface area contributed by atoms with E-state index in [9.17, 15) is 4.79 Å². The highest BCUT2D eigenvalue weighted by atomic mass is 32.1. The van der Waals surface area contributed by atoms with Crippen molar-refractivity contribution in [3.8, 4) is 0 Å². The van der Waals surface area contributed by atoms with E-state index < -0.39 is 0 Å². The smallest absolute Gasteiger partial charge is 0.217 e. The van der Waals surface area contributed by atoms with Crippen LogP contribution in [0.25, 0.3) is 0 Å². The Hall–Kier alpha value is -0.840. The van der Waals surface area contributed by atoms with Crippen molar-refractivity contribution in [1.29, 1.82) is 0 Å². The third-order valence-corrected chi connectivity index (χ3v) is 4.30. The molecule has 18 heavy (non-hydrogen) atoms. The van der Waals surface area contributed by atoms with Crippen molar-refractivity contribution in [2.45, 2.75) is 64.1 Å². The predicted octanol–water partition coefficient (Wildman–Crippen LogP) is 1.40. The lowest BCUT2D eigenvalue weighted by molar-refractivity contribution is -0.120. The van der Waals surface area contributed by atoms with E-state index in [1.807, 2.05) is 0 Å². The molecule has 0 radical (unpaired) electrons. The molecule has 2 bridgehead atoms. The fourth-order valence-electron chi connectivity index (χ4n) is 3.36. The Labute approximate surface area is 114 Å². The molecule has 2 aliphatic rings. The van der Waals surface area contributed by atoms with E-state index in [4.69, 9.17) is 12.2 Å². The van der Waals surface area contributed by atoms with Gasteiger partial charge in [0, 0.05) is 31.6 Å². The van der Waals surface area contributed by atoms with Gasteiger partial charge < -0.3 is 15.5 Å². The van der Waals surface area contributed by atoms with Crippen LogP contribution in [0.15, 0.2) is 0 Å². The van der Waals surface area contributed by atoms with Crippen LogP contribution in [-0.2, 0) is 4.79 Å². The average Bonchev–Trinajstić information content (AvgIpc) is 2.27. The number of amides is 1. The summed E-state index contributed by atoms with van der Waals surface area (Å²) in [6, 6.07) is 1.33. The number of thiocarbonyl (C=S) groups is 1. The zero-order chi connectivity index (χ0) is 13.1. The minimum Gasteiger partial charge on any atom is -0.363 e. The lowest BCUT2D eigenvalue weighted by Crippen LogP contribution is -2.60. The van der Waals surface area contributed by atoms with Gasteiger partial charge in [0.2, 0.25) is 5.91 Å². The summed E-state index contributed by atoms with van der Waals surface area (Å²) < 4.78 is 0. The van der Waals surface area contributed by atoms with Crippen LogP contribution in [0.4, 0.5) is 0 Å². The molecule has 2 heterocycles. The van der Waals surface area contributed by atoms with Crippen molar-refractivity contribution in [2.24, 2.45) is 0 Å². The first-order chi connectivity index (χ1) is 8.61. The third-order valence-electron chi connectivity index (χ3n) is 3.94. The fraction of sp³-hybridized carbons (Fsp3) is 0.846. The number of carbonyl (C=O) groups is 1. The number of piperidine rings is 2. The van der Waals surface area contributed by atoms with Gasteiger partial charge in [-0.15, -0.1) is 0 Å². The van der Waals surface area contributed by atoms with Crippen LogP contribution in [0.2, 0.25) is 0 Å². The van der Waals surface area contributed by atoms with Crippen LogP contribution in [0.1, 0.15) is 46.0 Å². The molecular weight excluding hydrogens is 246 g/mol. The molecule has 0 saturated carbocycles. The fourth-order valence-corrected chi connectivity index (χ4v) is 3.80. The quantitative estimate of drug-likeness (QED) is 0.744. The molecule has 2 atom stereocenters. The first-order valence-corrected chi connectivity index (χ1v) is 7.36. The molecule has 2 N–H and O–H groups in total. The molecular formula is C13H23N3OS. The van der Waals surface area contributed by atoms with Crippen LogP contribution < -0.4 is 10.6 Å². The molecule has 0 aromatic carbocycles. The molecule has 0 aromatic rings. The Morgan fingerprint density at radius 1 is 1.33 bits per heavy atom. The van der Waals surface area contributed by atoms with Gasteiger partial charge in [-0.3, -0.25) is 4.79 Å². The molecule has 2 fully saturated rings. The zero-order valence-electron chi connectivity index (χ0n) is 11.2. The van der Waals surface area contributed by atoms with Gasteiger partial charge in [0.1, 0.15) is 0 Å². The summed E-state index contributed by atoms with van der Waals surface area (Å²) >= 11 is 5.48. The summed E-state index contributed by atoms with van der Waals surface area (Å²) in [5.41, 5.74) is 0. The number of fused-ring (bicyclic) bond motifs is 2. The Bertz CT molecular complexity index is 320. The number of hydrogen-bond donors (Lipinski definition) is 2. The van der Waals surface area contributed by atoms with Crippen molar-refractivity contribution in [2.75, 3.05) is 6.54 Å². The highest BCUT2D eigenvalue weighted by Gasteiger charge is 2.39. The van der Waals surface area contributed by atoms with Crippen molar-refractivity contribution in [3.05, 3.63) is 0 Å². The molecule has 5 heteroatoms. The molecule has 2 saturated heterocycles. The van der Waals surface area contributed by atoms with Crippen molar-refractivity contribution in [3.63, 3.8) is 0 Å². The minimum atomic E-state index is 0.0841. The van der Waals surface area contributed by atoms with Crippen LogP contribution in [0, 0.1) is 0 Å². The monoisotopic (exact) mass is 269 g/mol. The van der Waals surface area contributed by atoms with Crippen LogP contribution in [0.5, 0.6) is 0 Å². The number of nitrogens with one attached hydrogen (secondary N) is 2. The largest absolute Gasteiger partial charge is 0.363 e. The first-order valence-electron chi connectivity index (χ1n) is 6.95. The maximum atomic E-state index is 11.2. The van der Waals surface area contributed by atoms with Gasteiger partial charge in [-0.1, -0.05) is 0 Å². The molecule has 0 aliphatic carbocycles. The van der Waals surface area contributed by atoms with E-state index >= 15 is 0 Å². The number of hydrogen-bond acceptors (Lipinski definition) is 2. The molecule has 1 amide bonds. The summed E-state index contributed by atoms with van der Waals surface area (Å²) in [4.78, 5) is 13.6. The minimum absolute atomic E-state index is 0.0841. The molecule has 4 nitrogen and oxygen atoms in total. The summed E-state index contributed by atoms with van der Waals surface area (Å²) in [6.45, 7) is 4.56. The second kappa shape index (κ2) is 5.87. The van der Waals surface area contributed by atoms with Crippen LogP contribution in [-0.4, -0.2) is 40.6 Å². The van der Waals surface area contributed by atoms with Gasteiger partial charge in [-0.05, 0) is 51.2 Å². The maximum absolute atomic E-state index is 11.2. The Kier molecular flexibility index (Phi) is 4.43. The summed E-state index contributed by atoms with van der Waals surface area (Å²) in [6.07, 6.45) is 5.73. The van der Waals surface area contributed by atoms with Gasteiger partial charge >= 0.3 is 0 Å². The van der Waals surface area contributed by atoms with Crippen molar-refractivity contribution in [1.82, 2.24) is 15.5 Å². The molecule has 102 valence electrons. The number of nitrogens with zero attached hydrogens (tertiary/aromatic N) is 1. The second-order valence-corrected chi connectivity index (χ2v) is 5.74. The Morgan fingerprint density at radius 2 is 1.94 bits per heavy atom. The van der Waals surface area contributed by atoms with Crippen LogP contribution in [0.3, 0.4) is 0 Å². The molecule has 0 aromatic heterocycles. The van der Waals surface area contributed by atoms with Crippen molar-refractivity contribution >= 4 is 23.2 Å². The molecule has 0 spiro atoms.